The van der Waals surface area contributed by atoms with Gasteiger partial charge in [-0.25, -0.2) is 4.98 Å². The highest BCUT2D eigenvalue weighted by Crippen LogP contribution is 2.14. The molecule has 5 nitrogen and oxygen atoms in total. The molecule has 0 atom stereocenters. The Hall–Kier alpha value is -1.62. The summed E-state index contributed by atoms with van der Waals surface area (Å²) in [4.78, 5) is 4.28. The molecule has 0 saturated carbocycles. The third-order valence-electron chi connectivity index (χ3n) is 1.57. The molecule has 1 heterocycles. The Kier molecular flexibility index (Phi) is 1.66. The van der Waals surface area contributed by atoms with Crippen LogP contribution in [-0.4, -0.2) is 10.1 Å². The van der Waals surface area contributed by atoms with E-state index in [1.165, 1.54) is 0 Å². The van der Waals surface area contributed by atoms with E-state index in [-0.39, 0.29) is 5.95 Å². The van der Waals surface area contributed by atoms with Gasteiger partial charge in [0.1, 0.15) is 5.52 Å². The maximum Gasteiger partial charge on any atom is 0.288 e. The van der Waals surface area contributed by atoms with E-state index in [2.05, 4.69) is 10.1 Å². The smallest absolute Gasteiger partial charge is 0.288 e. The second-order valence-corrected chi connectivity index (χ2v) is 2.91. The van der Waals surface area contributed by atoms with Crippen molar-refractivity contribution in [2.75, 3.05) is 5.73 Å². The molecule has 0 bridgehead atoms. The Morgan fingerprint density at radius 3 is 3.00 bits per heavy atom. The predicted octanol–water partition coefficient (Wildman–Crippen LogP) is 0.499. The molecular weight excluding hydrogens is 192 g/mol. The Morgan fingerprint density at radius 1 is 1.46 bits per heavy atom. The van der Waals surface area contributed by atoms with Gasteiger partial charge in [-0.3, -0.25) is 0 Å². The van der Waals surface area contributed by atoms with Crippen LogP contribution in [-0.2, 0) is 0 Å². The first-order valence-electron chi connectivity index (χ1n) is 3.49. The number of hydrogen-bond acceptors (Lipinski definition) is 4. The molecule has 13 heavy (non-hydrogen) atoms. The third kappa shape index (κ3) is 1.33. The summed E-state index contributed by atoms with van der Waals surface area (Å²) >= 11 is 5.71. The topological polar surface area (TPSA) is 78.7 Å². The zero-order valence-electron chi connectivity index (χ0n) is 6.44. The first-order chi connectivity index (χ1) is 6.16. The number of hydrogen-bond donors (Lipinski definition) is 1. The van der Waals surface area contributed by atoms with E-state index >= 15 is 0 Å². The number of aromatic nitrogens is 3. The van der Waals surface area contributed by atoms with Crippen LogP contribution < -0.4 is 10.6 Å². The molecule has 0 spiro atoms. The van der Waals surface area contributed by atoms with Crippen LogP contribution in [0.1, 0.15) is 0 Å². The second kappa shape index (κ2) is 2.70. The van der Waals surface area contributed by atoms with Crippen LogP contribution in [0, 0.1) is 5.21 Å². The summed E-state index contributed by atoms with van der Waals surface area (Å²) in [5.41, 5.74) is 6.07. The summed E-state index contributed by atoms with van der Waals surface area (Å²) in [6.07, 6.45) is 0. The second-order valence-electron chi connectivity index (χ2n) is 2.48. The fraction of sp³-hybridized carbons (Fsp3) is 0. The number of benzene rings is 1. The SMILES string of the molecule is Nc1nc2cc(Cl)ccc2[n+]([O-])n1. The number of halogens is 1. The highest BCUT2D eigenvalue weighted by Gasteiger charge is 2.08. The lowest BCUT2D eigenvalue weighted by molar-refractivity contribution is -0.641. The summed E-state index contributed by atoms with van der Waals surface area (Å²) in [7, 11) is 0. The molecule has 6 heteroatoms. The van der Waals surface area contributed by atoms with Crippen molar-refractivity contribution in [3.05, 3.63) is 28.4 Å². The largest absolute Gasteiger partial charge is 0.594 e. The molecule has 0 aliphatic heterocycles. The molecule has 0 amide bonds. The van der Waals surface area contributed by atoms with Gasteiger partial charge in [0.15, 0.2) is 0 Å². The van der Waals surface area contributed by atoms with E-state index in [9.17, 15) is 5.21 Å². The number of nitrogens with two attached hydrogens (primary N) is 1. The van der Waals surface area contributed by atoms with E-state index in [1.54, 1.807) is 18.2 Å². The zero-order chi connectivity index (χ0) is 9.42. The highest BCUT2D eigenvalue weighted by molar-refractivity contribution is 6.31. The van der Waals surface area contributed by atoms with Crippen molar-refractivity contribution < 1.29 is 4.85 Å². The van der Waals surface area contributed by atoms with Gasteiger partial charge in [0.05, 0.1) is 5.10 Å². The van der Waals surface area contributed by atoms with Gasteiger partial charge in [-0.1, -0.05) is 11.6 Å². The Bertz CT molecular complexity index is 468. The van der Waals surface area contributed by atoms with Crippen molar-refractivity contribution in [1.82, 2.24) is 10.1 Å². The summed E-state index contributed by atoms with van der Waals surface area (Å²) < 4.78 is 0. The number of rotatable bonds is 0. The van der Waals surface area contributed by atoms with Gasteiger partial charge in [0.2, 0.25) is 0 Å². The van der Waals surface area contributed by atoms with Crippen molar-refractivity contribution in [3.63, 3.8) is 0 Å². The zero-order valence-corrected chi connectivity index (χ0v) is 7.19. The average molecular weight is 197 g/mol. The summed E-state index contributed by atoms with van der Waals surface area (Å²) in [6, 6.07) is 4.70. The summed E-state index contributed by atoms with van der Waals surface area (Å²) in [6.45, 7) is 0. The molecule has 0 aliphatic carbocycles. The van der Waals surface area contributed by atoms with E-state index in [1.807, 2.05) is 0 Å². The van der Waals surface area contributed by atoms with Crippen molar-refractivity contribution in [2.45, 2.75) is 0 Å². The van der Waals surface area contributed by atoms with E-state index in [4.69, 9.17) is 17.3 Å². The predicted molar refractivity (Wildman–Crippen MR) is 47.9 cm³/mol. The summed E-state index contributed by atoms with van der Waals surface area (Å²) in [5.74, 6) is -0.0650. The van der Waals surface area contributed by atoms with Crippen molar-refractivity contribution in [3.8, 4) is 0 Å². The molecule has 0 radical (unpaired) electrons. The molecule has 2 aromatic rings. The van der Waals surface area contributed by atoms with Crippen LogP contribution in [0.2, 0.25) is 5.02 Å². The highest BCUT2D eigenvalue weighted by atomic mass is 35.5. The van der Waals surface area contributed by atoms with E-state index in [0.29, 0.717) is 20.9 Å². The van der Waals surface area contributed by atoms with Crippen molar-refractivity contribution in [2.24, 2.45) is 0 Å². The maximum atomic E-state index is 11.2. The first-order valence-corrected chi connectivity index (χ1v) is 3.87. The molecule has 66 valence electrons. The van der Waals surface area contributed by atoms with Crippen molar-refractivity contribution >= 4 is 28.6 Å². The van der Waals surface area contributed by atoms with Crippen molar-refractivity contribution in [1.29, 1.82) is 0 Å². The van der Waals surface area contributed by atoms with E-state index in [0.717, 1.165) is 0 Å². The van der Waals surface area contributed by atoms with Gasteiger partial charge in [-0.15, -0.1) is 0 Å². The lowest BCUT2D eigenvalue weighted by atomic mass is 10.3. The van der Waals surface area contributed by atoms with Crippen LogP contribution in [0.3, 0.4) is 0 Å². The Morgan fingerprint density at radius 2 is 2.23 bits per heavy atom. The van der Waals surface area contributed by atoms with E-state index < -0.39 is 0 Å². The van der Waals surface area contributed by atoms with Gasteiger partial charge in [-0.2, -0.15) is 0 Å². The third-order valence-corrected chi connectivity index (χ3v) is 1.81. The number of anilines is 1. The molecule has 0 aliphatic rings. The molecule has 1 aromatic heterocycles. The molecule has 1 aromatic carbocycles. The van der Waals surface area contributed by atoms with Gasteiger partial charge < -0.3 is 10.9 Å². The monoisotopic (exact) mass is 196 g/mol. The normalized spacial score (nSPS) is 10.5. The van der Waals surface area contributed by atoms with Crippen LogP contribution in [0.25, 0.3) is 11.0 Å². The molecule has 2 rings (SSSR count). The van der Waals surface area contributed by atoms with Gasteiger partial charge in [0, 0.05) is 11.1 Å². The minimum Gasteiger partial charge on any atom is -0.594 e. The maximum absolute atomic E-state index is 11.2. The lowest BCUT2D eigenvalue weighted by Gasteiger charge is -1.98. The first kappa shape index (κ1) is 8.00. The fourth-order valence-electron chi connectivity index (χ4n) is 1.04. The Balaban J connectivity index is 2.86. The molecule has 0 saturated heterocycles. The van der Waals surface area contributed by atoms with Crippen LogP contribution >= 0.6 is 11.6 Å². The number of nitrogens with zero attached hydrogens (tertiary/aromatic N) is 3. The van der Waals surface area contributed by atoms with Crippen LogP contribution in [0.5, 0.6) is 0 Å². The van der Waals surface area contributed by atoms with Gasteiger partial charge >= 0.3 is 0 Å². The summed E-state index contributed by atoms with van der Waals surface area (Å²) in [5, 5.41) is 15.1. The fourth-order valence-corrected chi connectivity index (χ4v) is 1.21. The minimum absolute atomic E-state index is 0.0650. The number of nitrogen functional groups attached to an aromatic ring is 1. The van der Waals surface area contributed by atoms with Gasteiger partial charge in [0.25, 0.3) is 11.5 Å². The molecule has 0 fully saturated rings. The molecule has 0 unspecified atom stereocenters. The lowest BCUT2D eigenvalue weighted by Crippen LogP contribution is -2.33. The minimum atomic E-state index is -0.0650. The molecule has 2 N–H and O–H groups in total. The number of fused-ring (bicyclic) bond motifs is 1. The Labute approximate surface area is 78.3 Å². The molecular formula is C7H5ClN4O. The standard InChI is InChI=1S/C7H5ClN4O/c8-4-1-2-6-5(3-4)10-7(9)11-12(6)13/h1-3H,(H2,9,10,11). The van der Waals surface area contributed by atoms with Gasteiger partial charge in [-0.05, 0) is 17.0 Å². The average Bonchev–Trinajstić information content (AvgIpc) is 2.02. The van der Waals surface area contributed by atoms with Crippen LogP contribution in [0.15, 0.2) is 18.2 Å². The van der Waals surface area contributed by atoms with Crippen LogP contribution in [0.4, 0.5) is 5.95 Å². The quantitative estimate of drug-likeness (QED) is 0.492.